The van der Waals surface area contributed by atoms with Crippen molar-refractivity contribution in [1.82, 2.24) is 5.32 Å². The molecule has 0 aromatic heterocycles. The Morgan fingerprint density at radius 2 is 2.19 bits per heavy atom. The van der Waals surface area contributed by atoms with Crippen LogP contribution in [0.5, 0.6) is 0 Å². The summed E-state index contributed by atoms with van der Waals surface area (Å²) in [6.07, 6.45) is 5.41. The maximum Gasteiger partial charge on any atom is 0.319 e. The summed E-state index contributed by atoms with van der Waals surface area (Å²) in [5.74, 6) is 1.12. The van der Waals surface area contributed by atoms with Gasteiger partial charge in [-0.25, -0.2) is 4.79 Å². The zero-order valence-electron chi connectivity index (χ0n) is 12.7. The Kier molecular flexibility index (Phi) is 6.39. The Balaban J connectivity index is 1.78. The van der Waals surface area contributed by atoms with Crippen molar-refractivity contribution in [2.45, 2.75) is 38.3 Å². The molecule has 1 saturated heterocycles. The van der Waals surface area contributed by atoms with Crippen molar-refractivity contribution in [1.29, 1.82) is 0 Å². The van der Waals surface area contributed by atoms with Gasteiger partial charge in [-0.1, -0.05) is 12.1 Å². The Hall–Kier alpha value is -1.20. The highest BCUT2D eigenvalue weighted by molar-refractivity contribution is 7.98. The number of nitrogens with one attached hydrogen (secondary N) is 2. The molecule has 2 atom stereocenters. The van der Waals surface area contributed by atoms with Gasteiger partial charge in [-0.15, -0.1) is 0 Å². The number of urea groups is 1. The van der Waals surface area contributed by atoms with Gasteiger partial charge in [-0.2, -0.15) is 11.8 Å². The Morgan fingerprint density at radius 3 is 2.81 bits per heavy atom. The van der Waals surface area contributed by atoms with Crippen molar-refractivity contribution in [3.05, 3.63) is 29.8 Å². The minimum atomic E-state index is -0.171. The van der Waals surface area contributed by atoms with Crippen molar-refractivity contribution in [2.24, 2.45) is 0 Å². The van der Waals surface area contributed by atoms with Gasteiger partial charge in [0.25, 0.3) is 0 Å². The number of amides is 2. The molecule has 0 bridgehead atoms. The number of benzene rings is 1. The number of thioether (sulfide) groups is 1. The first-order chi connectivity index (χ1) is 10.2. The summed E-state index contributed by atoms with van der Waals surface area (Å²) < 4.78 is 5.57. The number of carbonyl (C=O) groups excluding carboxylic acids is 1. The lowest BCUT2D eigenvalue weighted by Gasteiger charge is -2.20. The van der Waals surface area contributed by atoms with Crippen LogP contribution in [0.2, 0.25) is 0 Å². The number of hydrogen-bond acceptors (Lipinski definition) is 3. The van der Waals surface area contributed by atoms with Crippen LogP contribution in [0.3, 0.4) is 0 Å². The number of ether oxygens (including phenoxy) is 1. The van der Waals surface area contributed by atoms with Gasteiger partial charge >= 0.3 is 6.03 Å². The molecule has 21 heavy (non-hydrogen) atoms. The first-order valence-electron chi connectivity index (χ1n) is 7.46. The first-order valence-corrected chi connectivity index (χ1v) is 8.85. The van der Waals surface area contributed by atoms with E-state index in [9.17, 15) is 4.79 Å². The summed E-state index contributed by atoms with van der Waals surface area (Å²) in [4.78, 5) is 12.0. The summed E-state index contributed by atoms with van der Waals surface area (Å²) in [6.45, 7) is 2.79. The molecule has 2 rings (SSSR count). The van der Waals surface area contributed by atoms with Crippen LogP contribution in [0.25, 0.3) is 0 Å². The van der Waals surface area contributed by atoms with E-state index >= 15 is 0 Å². The molecule has 0 saturated carbocycles. The predicted octanol–water partition coefficient (Wildman–Crippen LogP) is 3.28. The molecule has 1 aromatic carbocycles. The van der Waals surface area contributed by atoms with Crippen LogP contribution < -0.4 is 10.6 Å². The molecule has 0 spiro atoms. The first kappa shape index (κ1) is 16.2. The molecule has 0 unspecified atom stereocenters. The zero-order valence-corrected chi connectivity index (χ0v) is 13.5. The molecule has 4 nitrogen and oxygen atoms in total. The van der Waals surface area contributed by atoms with Gasteiger partial charge in [0, 0.05) is 12.3 Å². The van der Waals surface area contributed by atoms with E-state index in [-0.39, 0.29) is 18.2 Å². The number of aryl methyl sites for hydroxylation is 1. The molecule has 1 aliphatic rings. The van der Waals surface area contributed by atoms with Crippen molar-refractivity contribution in [2.75, 3.05) is 23.9 Å². The van der Waals surface area contributed by atoms with Gasteiger partial charge in [0.05, 0.1) is 12.1 Å². The van der Waals surface area contributed by atoms with E-state index < -0.39 is 0 Å². The van der Waals surface area contributed by atoms with Gasteiger partial charge in [0.15, 0.2) is 0 Å². The van der Waals surface area contributed by atoms with Crippen molar-refractivity contribution in [3.63, 3.8) is 0 Å². The number of hydrogen-bond donors (Lipinski definition) is 2. The normalized spacial score (nSPS) is 19.2. The topological polar surface area (TPSA) is 50.4 Å². The van der Waals surface area contributed by atoms with Crippen LogP contribution in [0.1, 0.15) is 25.3 Å². The Labute approximate surface area is 131 Å². The summed E-state index contributed by atoms with van der Waals surface area (Å²) in [6, 6.07) is 7.89. The maximum atomic E-state index is 12.0. The molecule has 1 aromatic rings. The fraction of sp³-hybridized carbons (Fsp3) is 0.562. The van der Waals surface area contributed by atoms with E-state index in [1.807, 2.05) is 30.8 Å². The van der Waals surface area contributed by atoms with Gasteiger partial charge in [-0.05, 0) is 55.9 Å². The quantitative estimate of drug-likeness (QED) is 0.848. The highest BCUT2D eigenvalue weighted by Gasteiger charge is 2.23. The lowest BCUT2D eigenvalue weighted by molar-refractivity contribution is 0.0868. The van der Waals surface area contributed by atoms with Gasteiger partial charge < -0.3 is 15.4 Å². The number of rotatable bonds is 6. The monoisotopic (exact) mass is 308 g/mol. The van der Waals surface area contributed by atoms with Gasteiger partial charge in [0.2, 0.25) is 0 Å². The van der Waals surface area contributed by atoms with Crippen LogP contribution >= 0.6 is 11.8 Å². The van der Waals surface area contributed by atoms with Crippen molar-refractivity contribution < 1.29 is 9.53 Å². The molecule has 0 radical (unpaired) electrons. The average molecular weight is 308 g/mol. The molecule has 2 amide bonds. The van der Waals surface area contributed by atoms with Crippen LogP contribution in [0.15, 0.2) is 24.3 Å². The Bertz CT molecular complexity index is 444. The summed E-state index contributed by atoms with van der Waals surface area (Å²) >= 11 is 1.84. The van der Waals surface area contributed by atoms with E-state index in [0.717, 1.165) is 37.3 Å². The van der Waals surface area contributed by atoms with Crippen LogP contribution in [0, 0.1) is 0 Å². The standard InChI is InChI=1S/C16H24N2O2S/c1-12(15-4-3-10-20-15)17-16(19)18-14-7-5-13(6-8-14)9-11-21-2/h5-8,12,15H,3-4,9-11H2,1-2H3,(H2,17,18,19)/t12-,15-/m1/s1. The molecule has 0 aliphatic carbocycles. The fourth-order valence-corrected chi connectivity index (χ4v) is 2.88. The van der Waals surface area contributed by atoms with Crippen LogP contribution in [-0.4, -0.2) is 36.8 Å². The van der Waals surface area contributed by atoms with Crippen molar-refractivity contribution in [3.8, 4) is 0 Å². The molecular weight excluding hydrogens is 284 g/mol. The number of carbonyl (C=O) groups is 1. The van der Waals surface area contributed by atoms with E-state index in [0.29, 0.717) is 0 Å². The van der Waals surface area contributed by atoms with Crippen molar-refractivity contribution >= 4 is 23.5 Å². The second kappa shape index (κ2) is 8.29. The highest BCUT2D eigenvalue weighted by atomic mass is 32.2. The van der Waals surface area contributed by atoms with E-state index in [1.54, 1.807) is 0 Å². The summed E-state index contributed by atoms with van der Waals surface area (Å²) in [5, 5.41) is 5.81. The third-order valence-electron chi connectivity index (χ3n) is 3.69. The van der Waals surface area contributed by atoms with E-state index in [1.165, 1.54) is 5.56 Å². The second-order valence-corrected chi connectivity index (χ2v) is 6.36. The van der Waals surface area contributed by atoms with Gasteiger partial charge in [-0.3, -0.25) is 0 Å². The molecule has 116 valence electrons. The third kappa shape index (κ3) is 5.25. The number of anilines is 1. The minimum absolute atomic E-state index is 0.0355. The second-order valence-electron chi connectivity index (χ2n) is 5.38. The molecular formula is C16H24N2O2S. The summed E-state index contributed by atoms with van der Waals surface area (Å²) in [5.41, 5.74) is 2.11. The third-order valence-corrected chi connectivity index (χ3v) is 4.30. The molecule has 5 heteroatoms. The lowest BCUT2D eigenvalue weighted by atomic mass is 10.1. The molecule has 1 aliphatic heterocycles. The van der Waals surface area contributed by atoms with Gasteiger partial charge in [0.1, 0.15) is 0 Å². The van der Waals surface area contributed by atoms with Crippen LogP contribution in [-0.2, 0) is 11.2 Å². The smallest absolute Gasteiger partial charge is 0.319 e. The SMILES string of the molecule is CSCCc1ccc(NC(=O)N[C@H](C)[C@H]2CCCO2)cc1. The average Bonchev–Trinajstić information content (AvgIpc) is 3.01. The molecule has 1 heterocycles. The van der Waals surface area contributed by atoms with Crippen LogP contribution in [0.4, 0.5) is 10.5 Å². The molecule has 2 N–H and O–H groups in total. The summed E-state index contributed by atoms with van der Waals surface area (Å²) in [7, 11) is 0. The van der Waals surface area contributed by atoms with E-state index in [2.05, 4.69) is 29.0 Å². The zero-order chi connectivity index (χ0) is 15.1. The van der Waals surface area contributed by atoms with E-state index in [4.69, 9.17) is 4.74 Å². The minimum Gasteiger partial charge on any atom is -0.376 e. The highest BCUT2D eigenvalue weighted by Crippen LogP contribution is 2.16. The fourth-order valence-electron chi connectivity index (χ4n) is 2.44. The predicted molar refractivity (Wildman–Crippen MR) is 89.1 cm³/mol. The Morgan fingerprint density at radius 1 is 1.43 bits per heavy atom. The lowest BCUT2D eigenvalue weighted by Crippen LogP contribution is -2.42. The maximum absolute atomic E-state index is 12.0. The largest absolute Gasteiger partial charge is 0.376 e. The molecule has 1 fully saturated rings.